The summed E-state index contributed by atoms with van der Waals surface area (Å²) in [6.07, 6.45) is 5.38. The smallest absolute Gasteiger partial charge is 0.266 e. The van der Waals surface area contributed by atoms with Crippen LogP contribution in [-0.4, -0.2) is 12.5 Å². The first kappa shape index (κ1) is 25.5. The highest BCUT2D eigenvalue weighted by molar-refractivity contribution is 9.10. The summed E-state index contributed by atoms with van der Waals surface area (Å²) in [4.78, 5) is 14.1. The van der Waals surface area contributed by atoms with Crippen molar-refractivity contribution in [2.45, 2.75) is 39.2 Å². The number of ether oxygens (including phenoxy) is 2. The molecule has 1 heterocycles. The number of nitriles is 2. The summed E-state index contributed by atoms with van der Waals surface area (Å²) in [7, 11) is 0. The van der Waals surface area contributed by atoms with Crippen molar-refractivity contribution in [1.29, 1.82) is 10.5 Å². The maximum atomic E-state index is 13.0. The van der Waals surface area contributed by atoms with Crippen molar-refractivity contribution < 1.29 is 14.3 Å². The number of thiophene rings is 1. The van der Waals surface area contributed by atoms with Crippen LogP contribution in [0.1, 0.15) is 46.9 Å². The Balaban J connectivity index is 1.58. The lowest BCUT2D eigenvalue weighted by atomic mass is 9.96. The largest absolute Gasteiger partial charge is 0.490 e. The van der Waals surface area contributed by atoms with Crippen LogP contribution in [0.4, 0.5) is 5.00 Å². The van der Waals surface area contributed by atoms with Gasteiger partial charge in [0, 0.05) is 4.88 Å². The number of hydrogen-bond acceptors (Lipinski definition) is 6. The van der Waals surface area contributed by atoms with Gasteiger partial charge in [0.15, 0.2) is 11.5 Å². The molecule has 0 spiro atoms. The van der Waals surface area contributed by atoms with E-state index in [4.69, 9.17) is 9.47 Å². The highest BCUT2D eigenvalue weighted by atomic mass is 79.9. The molecular formula is C28H24BrN3O3S. The van der Waals surface area contributed by atoms with Gasteiger partial charge in [-0.3, -0.25) is 4.79 Å². The zero-order chi connectivity index (χ0) is 25.5. The van der Waals surface area contributed by atoms with Gasteiger partial charge < -0.3 is 14.8 Å². The Hall–Kier alpha value is -3.59. The van der Waals surface area contributed by atoms with Crippen LogP contribution >= 0.6 is 27.3 Å². The summed E-state index contributed by atoms with van der Waals surface area (Å²) in [5, 5.41) is 22.7. The standard InChI is InChI=1S/C28H24BrN3O3S/c1-2-34-24-14-19(13-23(29)26(24)35-17-18-8-4-3-5-9-18)12-20(15-30)27(33)32-28-22(16-31)21-10-6-7-11-25(21)36-28/h3-5,8-9,12-14H,2,6-7,10-11,17H2,1H3,(H,32,33)/b20-12+. The minimum absolute atomic E-state index is 0.0717. The van der Waals surface area contributed by atoms with E-state index in [2.05, 4.69) is 27.3 Å². The molecule has 0 radical (unpaired) electrons. The topological polar surface area (TPSA) is 95.1 Å². The van der Waals surface area contributed by atoms with Gasteiger partial charge in [-0.05, 0) is 83.4 Å². The van der Waals surface area contributed by atoms with Crippen molar-refractivity contribution in [1.82, 2.24) is 0 Å². The number of aryl methyl sites for hydroxylation is 1. The number of halogens is 1. The normalized spacial score (nSPS) is 12.7. The minimum atomic E-state index is -0.550. The van der Waals surface area contributed by atoms with Crippen LogP contribution in [0.25, 0.3) is 6.08 Å². The second-order valence-electron chi connectivity index (χ2n) is 8.19. The first-order chi connectivity index (χ1) is 17.5. The molecule has 8 heteroatoms. The van der Waals surface area contributed by atoms with Gasteiger partial charge in [0.05, 0.1) is 16.6 Å². The zero-order valence-corrected chi connectivity index (χ0v) is 22.2. The molecule has 2 aromatic carbocycles. The molecule has 0 saturated carbocycles. The number of rotatable bonds is 8. The van der Waals surface area contributed by atoms with Gasteiger partial charge in [0.2, 0.25) is 0 Å². The number of hydrogen-bond donors (Lipinski definition) is 1. The molecule has 1 N–H and O–H groups in total. The lowest BCUT2D eigenvalue weighted by Crippen LogP contribution is -2.13. The lowest BCUT2D eigenvalue weighted by Gasteiger charge is -2.15. The maximum Gasteiger partial charge on any atom is 0.266 e. The molecule has 4 rings (SSSR count). The molecule has 1 aromatic heterocycles. The number of carbonyl (C=O) groups excluding carboxylic acids is 1. The molecule has 0 fully saturated rings. The summed E-state index contributed by atoms with van der Waals surface area (Å²) in [5.74, 6) is 0.499. The Bertz CT molecular complexity index is 1380. The predicted molar refractivity (Wildman–Crippen MR) is 144 cm³/mol. The summed E-state index contributed by atoms with van der Waals surface area (Å²) in [6, 6.07) is 17.5. The van der Waals surface area contributed by atoms with E-state index in [1.807, 2.05) is 43.3 Å². The molecule has 0 aliphatic heterocycles. The molecule has 182 valence electrons. The first-order valence-corrected chi connectivity index (χ1v) is 13.3. The van der Waals surface area contributed by atoms with Crippen LogP contribution in [0, 0.1) is 22.7 Å². The van der Waals surface area contributed by atoms with E-state index in [0.717, 1.165) is 41.7 Å². The summed E-state index contributed by atoms with van der Waals surface area (Å²) < 4.78 is 12.5. The Kier molecular flexibility index (Phi) is 8.43. The van der Waals surface area contributed by atoms with Gasteiger partial charge in [-0.1, -0.05) is 30.3 Å². The molecule has 1 amide bonds. The highest BCUT2D eigenvalue weighted by Crippen LogP contribution is 2.39. The number of fused-ring (bicyclic) bond motifs is 1. The Labute approximate surface area is 222 Å². The van der Waals surface area contributed by atoms with E-state index in [9.17, 15) is 15.3 Å². The number of nitrogens with zero attached hydrogens (tertiary/aromatic N) is 2. The van der Waals surface area contributed by atoms with Crippen LogP contribution < -0.4 is 14.8 Å². The molecule has 0 unspecified atom stereocenters. The molecule has 1 aliphatic carbocycles. The number of anilines is 1. The summed E-state index contributed by atoms with van der Waals surface area (Å²) in [5.41, 5.74) is 3.10. The third-order valence-electron chi connectivity index (χ3n) is 5.74. The monoisotopic (exact) mass is 561 g/mol. The van der Waals surface area contributed by atoms with E-state index in [1.165, 1.54) is 17.4 Å². The molecular weight excluding hydrogens is 538 g/mol. The average molecular weight is 562 g/mol. The minimum Gasteiger partial charge on any atom is -0.490 e. The number of carbonyl (C=O) groups is 1. The fourth-order valence-electron chi connectivity index (χ4n) is 4.06. The van der Waals surface area contributed by atoms with Gasteiger partial charge in [-0.25, -0.2) is 0 Å². The Morgan fingerprint density at radius 2 is 1.94 bits per heavy atom. The van der Waals surface area contributed by atoms with Crippen LogP contribution in [0.2, 0.25) is 0 Å². The van der Waals surface area contributed by atoms with Gasteiger partial charge in [0.1, 0.15) is 29.3 Å². The van der Waals surface area contributed by atoms with Crippen molar-refractivity contribution in [2.24, 2.45) is 0 Å². The fourth-order valence-corrected chi connectivity index (χ4v) is 5.87. The molecule has 0 atom stereocenters. The lowest BCUT2D eigenvalue weighted by molar-refractivity contribution is -0.112. The van der Waals surface area contributed by atoms with Crippen molar-refractivity contribution in [3.8, 4) is 23.6 Å². The number of nitrogens with one attached hydrogen (secondary N) is 1. The van der Waals surface area contributed by atoms with E-state index in [1.54, 1.807) is 12.1 Å². The van der Waals surface area contributed by atoms with Crippen LogP contribution in [0.15, 0.2) is 52.5 Å². The van der Waals surface area contributed by atoms with Crippen LogP contribution in [0.3, 0.4) is 0 Å². The summed E-state index contributed by atoms with van der Waals surface area (Å²) >= 11 is 4.97. The van der Waals surface area contributed by atoms with Gasteiger partial charge in [-0.15, -0.1) is 11.3 Å². The molecule has 36 heavy (non-hydrogen) atoms. The van der Waals surface area contributed by atoms with Crippen LogP contribution in [0.5, 0.6) is 11.5 Å². The SMILES string of the molecule is CCOc1cc(/C=C(\C#N)C(=O)Nc2sc3c(c2C#N)CCCC3)cc(Br)c1OCc1ccccc1. The van der Waals surface area contributed by atoms with Gasteiger partial charge in [-0.2, -0.15) is 10.5 Å². The van der Waals surface area contributed by atoms with E-state index >= 15 is 0 Å². The highest BCUT2D eigenvalue weighted by Gasteiger charge is 2.23. The molecule has 3 aromatic rings. The second kappa shape index (κ2) is 11.9. The molecule has 1 aliphatic rings. The fraction of sp³-hybridized carbons (Fsp3) is 0.250. The molecule has 0 saturated heterocycles. The Morgan fingerprint density at radius 1 is 1.17 bits per heavy atom. The van der Waals surface area contributed by atoms with E-state index < -0.39 is 5.91 Å². The number of amides is 1. The van der Waals surface area contributed by atoms with Gasteiger partial charge in [0.25, 0.3) is 5.91 Å². The molecule has 6 nitrogen and oxygen atoms in total. The van der Waals surface area contributed by atoms with E-state index in [0.29, 0.717) is 45.3 Å². The quantitative estimate of drug-likeness (QED) is 0.241. The molecule has 0 bridgehead atoms. The van der Waals surface area contributed by atoms with Crippen molar-refractivity contribution in [2.75, 3.05) is 11.9 Å². The van der Waals surface area contributed by atoms with Crippen LogP contribution in [-0.2, 0) is 24.2 Å². The van der Waals surface area contributed by atoms with E-state index in [-0.39, 0.29) is 5.57 Å². The predicted octanol–water partition coefficient (Wildman–Crippen LogP) is 6.78. The van der Waals surface area contributed by atoms with Crippen molar-refractivity contribution >= 4 is 44.3 Å². The third kappa shape index (κ3) is 5.79. The Morgan fingerprint density at radius 3 is 2.67 bits per heavy atom. The number of benzene rings is 2. The first-order valence-electron chi connectivity index (χ1n) is 11.6. The van der Waals surface area contributed by atoms with Crippen molar-refractivity contribution in [3.63, 3.8) is 0 Å². The van der Waals surface area contributed by atoms with Crippen molar-refractivity contribution in [3.05, 3.63) is 79.6 Å². The zero-order valence-electron chi connectivity index (χ0n) is 19.8. The summed E-state index contributed by atoms with van der Waals surface area (Å²) in [6.45, 7) is 2.67. The average Bonchev–Trinajstić information content (AvgIpc) is 3.24. The third-order valence-corrected chi connectivity index (χ3v) is 7.54. The van der Waals surface area contributed by atoms with Gasteiger partial charge >= 0.3 is 0 Å². The maximum absolute atomic E-state index is 13.0. The second-order valence-corrected chi connectivity index (χ2v) is 10.1.